The molecule has 2 aromatic rings. The summed E-state index contributed by atoms with van der Waals surface area (Å²) in [5, 5.41) is 5.14. The first-order valence-electron chi connectivity index (χ1n) is 8.25. The van der Waals surface area contributed by atoms with Crippen LogP contribution in [0.1, 0.15) is 35.0 Å². The molecule has 12 heteroatoms. The third kappa shape index (κ3) is 2.93. The summed E-state index contributed by atoms with van der Waals surface area (Å²) in [4.78, 5) is 51.0. The molecule has 0 aliphatic carbocycles. The van der Waals surface area contributed by atoms with Gasteiger partial charge in [-0.3, -0.25) is 23.9 Å². The number of nitrogens with zero attached hydrogens (tertiary/aromatic N) is 1. The molecule has 0 fully saturated rings. The quantitative estimate of drug-likeness (QED) is 0.686. The Morgan fingerprint density at radius 1 is 1.32 bits per heavy atom. The number of hydrogen-bond donors (Lipinski definition) is 3. The molecule has 0 bridgehead atoms. The van der Waals surface area contributed by atoms with E-state index in [1.807, 2.05) is 10.3 Å². The Morgan fingerprint density at radius 3 is 2.61 bits per heavy atom. The normalized spacial score (nSPS) is 18.6. The molecule has 28 heavy (non-hydrogen) atoms. The smallest absolute Gasteiger partial charge is 0.326 e. The van der Waals surface area contributed by atoms with Crippen molar-refractivity contribution < 1.29 is 22.8 Å². The molecule has 150 valence electrons. The van der Waals surface area contributed by atoms with Crippen LogP contribution in [-0.4, -0.2) is 27.5 Å². The van der Waals surface area contributed by atoms with Crippen LogP contribution in [0, 0.1) is 0 Å². The average Bonchev–Trinajstić information content (AvgIpc) is 3.22. The van der Waals surface area contributed by atoms with Gasteiger partial charge in [-0.15, -0.1) is 11.3 Å². The van der Waals surface area contributed by atoms with Gasteiger partial charge in [-0.25, -0.2) is 4.79 Å². The summed E-state index contributed by atoms with van der Waals surface area (Å²) in [7, 11) is 0. The van der Waals surface area contributed by atoms with Crippen LogP contribution in [0.5, 0.6) is 0 Å². The molecule has 1 aliphatic heterocycles. The SMILES string of the molecule is CCCCn1c2c(c(=O)[nH]c1=O)C(NC(=O)c1cccs1)(C(F)(F)F)C(=O)N2. The highest BCUT2D eigenvalue weighted by Gasteiger charge is 2.68. The number of amides is 2. The molecule has 2 amide bonds. The number of nitrogens with one attached hydrogen (secondary N) is 3. The van der Waals surface area contributed by atoms with Crippen molar-refractivity contribution in [3.05, 3.63) is 48.8 Å². The van der Waals surface area contributed by atoms with Gasteiger partial charge in [-0.2, -0.15) is 13.2 Å². The van der Waals surface area contributed by atoms with E-state index in [0.717, 1.165) is 15.9 Å². The number of carbonyl (C=O) groups is 2. The Morgan fingerprint density at radius 2 is 2.04 bits per heavy atom. The average molecular weight is 416 g/mol. The highest BCUT2D eigenvalue weighted by Crippen LogP contribution is 2.45. The van der Waals surface area contributed by atoms with Crippen molar-refractivity contribution in [2.45, 2.75) is 38.0 Å². The standard InChI is InChI=1S/C16H15F3N4O4S/c1-2-3-6-23-10-9(12(25)21-14(23)27)15(13(26)20-10,16(17,18)19)22-11(24)8-5-4-7-28-8/h4-5,7H,2-3,6H2,1H3,(H,20,26)(H,22,24)(H,21,25,27). The molecule has 8 nitrogen and oxygen atoms in total. The van der Waals surface area contributed by atoms with Crippen LogP contribution in [0.15, 0.2) is 27.1 Å². The lowest BCUT2D eigenvalue weighted by Crippen LogP contribution is -2.62. The van der Waals surface area contributed by atoms with Gasteiger partial charge in [0.25, 0.3) is 22.9 Å². The fraction of sp³-hybridized carbons (Fsp3) is 0.375. The van der Waals surface area contributed by atoms with E-state index in [1.54, 1.807) is 12.2 Å². The molecule has 0 aromatic carbocycles. The lowest BCUT2D eigenvalue weighted by Gasteiger charge is -2.29. The van der Waals surface area contributed by atoms with E-state index in [9.17, 15) is 32.3 Å². The minimum absolute atomic E-state index is 0.0124. The van der Waals surface area contributed by atoms with Gasteiger partial charge in [0.05, 0.1) is 4.88 Å². The largest absolute Gasteiger partial charge is 0.425 e. The summed E-state index contributed by atoms with van der Waals surface area (Å²) in [6.45, 7) is 1.79. The van der Waals surface area contributed by atoms with Gasteiger partial charge in [-0.05, 0) is 17.9 Å². The number of H-pyrrole nitrogens is 1. The highest BCUT2D eigenvalue weighted by molar-refractivity contribution is 7.12. The lowest BCUT2D eigenvalue weighted by atomic mass is 9.92. The van der Waals surface area contributed by atoms with E-state index in [0.29, 0.717) is 12.8 Å². The molecule has 0 saturated heterocycles. The van der Waals surface area contributed by atoms with E-state index >= 15 is 0 Å². The predicted octanol–water partition coefficient (Wildman–Crippen LogP) is 1.54. The number of carbonyl (C=O) groups excluding carboxylic acids is 2. The van der Waals surface area contributed by atoms with E-state index in [4.69, 9.17) is 0 Å². The zero-order valence-electron chi connectivity index (χ0n) is 14.5. The second kappa shape index (κ2) is 6.93. The number of halogens is 3. The van der Waals surface area contributed by atoms with Crippen molar-refractivity contribution >= 4 is 29.0 Å². The topological polar surface area (TPSA) is 113 Å². The van der Waals surface area contributed by atoms with E-state index in [1.165, 1.54) is 17.5 Å². The number of unbranched alkanes of at least 4 members (excludes halogenated alkanes) is 1. The fourth-order valence-corrected chi connectivity index (χ4v) is 3.61. The molecular formula is C16H15F3N4O4S. The molecule has 0 radical (unpaired) electrons. The number of rotatable bonds is 5. The summed E-state index contributed by atoms with van der Waals surface area (Å²) >= 11 is 0.875. The van der Waals surface area contributed by atoms with Crippen molar-refractivity contribution in [1.82, 2.24) is 14.9 Å². The predicted molar refractivity (Wildman–Crippen MR) is 94.4 cm³/mol. The third-order valence-corrected chi connectivity index (χ3v) is 5.22. The van der Waals surface area contributed by atoms with Gasteiger partial charge in [0.1, 0.15) is 11.4 Å². The van der Waals surface area contributed by atoms with Crippen LogP contribution in [0.4, 0.5) is 19.0 Å². The molecule has 2 aromatic heterocycles. The molecular weight excluding hydrogens is 401 g/mol. The summed E-state index contributed by atoms with van der Waals surface area (Å²) in [6, 6.07) is 2.74. The Kier molecular flexibility index (Phi) is 4.91. The minimum atomic E-state index is -5.34. The number of hydrogen-bond acceptors (Lipinski definition) is 5. The maximum absolute atomic E-state index is 14.1. The number of aromatic amines is 1. The molecule has 1 unspecified atom stereocenters. The molecule has 3 rings (SSSR count). The number of fused-ring (bicyclic) bond motifs is 1. The number of alkyl halides is 3. The maximum Gasteiger partial charge on any atom is 0.425 e. The van der Waals surface area contributed by atoms with Gasteiger partial charge < -0.3 is 10.6 Å². The van der Waals surface area contributed by atoms with Gasteiger partial charge in [0.15, 0.2) is 0 Å². The van der Waals surface area contributed by atoms with E-state index < -0.39 is 46.2 Å². The third-order valence-electron chi connectivity index (χ3n) is 4.35. The number of aromatic nitrogens is 2. The zero-order chi connectivity index (χ0) is 20.7. The molecule has 1 aliphatic rings. The summed E-state index contributed by atoms with van der Waals surface area (Å²) in [5.41, 5.74) is -7.00. The van der Waals surface area contributed by atoms with Crippen molar-refractivity contribution in [1.29, 1.82) is 0 Å². The minimum Gasteiger partial charge on any atom is -0.326 e. The Bertz CT molecular complexity index is 1040. The fourth-order valence-electron chi connectivity index (χ4n) is 2.99. The van der Waals surface area contributed by atoms with Gasteiger partial charge in [0.2, 0.25) is 0 Å². The van der Waals surface area contributed by atoms with Gasteiger partial charge in [0, 0.05) is 6.54 Å². The highest BCUT2D eigenvalue weighted by atomic mass is 32.1. The van der Waals surface area contributed by atoms with Crippen molar-refractivity contribution in [3.8, 4) is 0 Å². The maximum atomic E-state index is 14.1. The Labute approximate surface area is 159 Å². The van der Waals surface area contributed by atoms with Gasteiger partial charge >= 0.3 is 11.9 Å². The molecule has 0 saturated carbocycles. The monoisotopic (exact) mass is 416 g/mol. The summed E-state index contributed by atoms with van der Waals surface area (Å²) < 4.78 is 43.2. The molecule has 3 heterocycles. The van der Waals surface area contributed by atoms with E-state index in [-0.39, 0.29) is 11.4 Å². The van der Waals surface area contributed by atoms with Crippen LogP contribution < -0.4 is 21.9 Å². The lowest BCUT2D eigenvalue weighted by molar-refractivity contribution is -0.196. The first-order chi connectivity index (χ1) is 13.1. The second-order valence-corrected chi connectivity index (χ2v) is 7.07. The second-order valence-electron chi connectivity index (χ2n) is 6.12. The van der Waals surface area contributed by atoms with E-state index in [2.05, 4.69) is 0 Å². The molecule has 3 N–H and O–H groups in total. The van der Waals surface area contributed by atoms with Crippen molar-refractivity contribution in [2.75, 3.05) is 5.32 Å². The Balaban J connectivity index is 2.24. The van der Waals surface area contributed by atoms with Crippen LogP contribution in [0.3, 0.4) is 0 Å². The first-order valence-corrected chi connectivity index (χ1v) is 9.13. The summed E-state index contributed by atoms with van der Waals surface area (Å²) in [6.07, 6.45) is -4.29. The van der Waals surface area contributed by atoms with Crippen LogP contribution >= 0.6 is 11.3 Å². The van der Waals surface area contributed by atoms with Crippen LogP contribution in [0.2, 0.25) is 0 Å². The van der Waals surface area contributed by atoms with Crippen LogP contribution in [0.25, 0.3) is 0 Å². The van der Waals surface area contributed by atoms with Crippen molar-refractivity contribution in [2.24, 2.45) is 0 Å². The van der Waals surface area contributed by atoms with Crippen molar-refractivity contribution in [3.63, 3.8) is 0 Å². The molecule has 0 spiro atoms. The number of anilines is 1. The Hall–Kier alpha value is -2.89. The first kappa shape index (κ1) is 19.9. The number of thiophene rings is 1. The summed E-state index contributed by atoms with van der Waals surface area (Å²) in [5.74, 6) is -3.38. The molecule has 1 atom stereocenters. The zero-order valence-corrected chi connectivity index (χ0v) is 15.3. The van der Waals surface area contributed by atoms with Crippen LogP contribution in [-0.2, 0) is 16.9 Å². The van der Waals surface area contributed by atoms with Gasteiger partial charge in [-0.1, -0.05) is 19.4 Å².